The van der Waals surface area contributed by atoms with Crippen LogP contribution in [0, 0.1) is 5.82 Å². The Labute approximate surface area is 190 Å². The first-order chi connectivity index (χ1) is 15.3. The number of carbonyl (C=O) groups excluding carboxylic acids is 1. The summed E-state index contributed by atoms with van der Waals surface area (Å²) in [6.07, 6.45) is -2.72. The molecule has 0 aliphatic rings. The number of aromatic nitrogens is 2. The number of hydrogen-bond donors (Lipinski definition) is 1. The van der Waals surface area contributed by atoms with Crippen LogP contribution in [0.4, 0.5) is 24.5 Å². The van der Waals surface area contributed by atoms with Crippen molar-refractivity contribution >= 4 is 51.2 Å². The minimum Gasteiger partial charge on any atom is -0.469 e. The largest absolute Gasteiger partial charge is 0.469 e. The van der Waals surface area contributed by atoms with Gasteiger partial charge in [-0.1, -0.05) is 17.7 Å². The molecular weight excluding hydrogens is 463 g/mol. The van der Waals surface area contributed by atoms with Crippen LogP contribution in [0.3, 0.4) is 0 Å². The first kappa shape index (κ1) is 22.2. The summed E-state index contributed by atoms with van der Waals surface area (Å²) in [5, 5.41) is 8.14. The van der Waals surface area contributed by atoms with Crippen LogP contribution in [0.15, 0.2) is 48.5 Å². The average Bonchev–Trinajstić information content (AvgIpc) is 3.33. The number of fused-ring (bicyclic) bond motifs is 1. The van der Waals surface area contributed by atoms with Gasteiger partial charge in [0.1, 0.15) is 18.1 Å². The summed E-state index contributed by atoms with van der Waals surface area (Å²) in [5.74, 6) is -1.07. The van der Waals surface area contributed by atoms with Gasteiger partial charge < -0.3 is 10.1 Å². The second-order valence-electron chi connectivity index (χ2n) is 6.94. The number of nitrogens with one attached hydrogen (secondary N) is 1. The molecule has 0 aliphatic carbocycles. The van der Waals surface area contributed by atoms with E-state index in [9.17, 15) is 18.0 Å². The Kier molecular flexibility index (Phi) is 6.38. The predicted molar refractivity (Wildman–Crippen MR) is 119 cm³/mol. The molecule has 10 heteroatoms. The van der Waals surface area contributed by atoms with Gasteiger partial charge in [-0.2, -0.15) is 5.10 Å². The number of methoxy groups -OCH3 is 1. The number of carbonyl (C=O) groups is 1. The molecule has 0 atom stereocenters. The highest BCUT2D eigenvalue weighted by atomic mass is 35.5. The molecule has 0 saturated heterocycles. The highest BCUT2D eigenvalue weighted by Gasteiger charge is 2.17. The van der Waals surface area contributed by atoms with Crippen LogP contribution in [0.25, 0.3) is 21.5 Å². The summed E-state index contributed by atoms with van der Waals surface area (Å²) in [5.41, 5.74) is 2.41. The number of ether oxygens (including phenoxy) is 1. The second kappa shape index (κ2) is 9.22. The van der Waals surface area contributed by atoms with Crippen molar-refractivity contribution in [1.82, 2.24) is 9.78 Å². The van der Waals surface area contributed by atoms with E-state index >= 15 is 0 Å². The van der Waals surface area contributed by atoms with Crippen molar-refractivity contribution in [2.75, 3.05) is 12.4 Å². The van der Waals surface area contributed by atoms with Crippen LogP contribution < -0.4 is 5.32 Å². The Balaban J connectivity index is 1.68. The van der Waals surface area contributed by atoms with E-state index in [1.165, 1.54) is 35.3 Å². The van der Waals surface area contributed by atoms with E-state index in [4.69, 9.17) is 11.6 Å². The number of nitrogens with zero attached hydrogens (tertiary/aromatic N) is 2. The van der Waals surface area contributed by atoms with Crippen molar-refractivity contribution < 1.29 is 22.7 Å². The maximum absolute atomic E-state index is 14.4. The number of halogens is 4. The number of alkyl halides is 2. The minimum absolute atomic E-state index is 0.162. The molecule has 166 valence electrons. The van der Waals surface area contributed by atoms with E-state index in [-0.39, 0.29) is 12.0 Å². The van der Waals surface area contributed by atoms with E-state index in [2.05, 4.69) is 15.2 Å². The Hall–Kier alpha value is -3.04. The third-order valence-corrected chi connectivity index (χ3v) is 6.01. The molecule has 2 aromatic carbocycles. The van der Waals surface area contributed by atoms with Crippen molar-refractivity contribution in [1.29, 1.82) is 0 Å². The molecule has 32 heavy (non-hydrogen) atoms. The fraction of sp³-hybridized carbons (Fsp3) is 0.182. The number of anilines is 2. The Morgan fingerprint density at radius 2 is 1.94 bits per heavy atom. The lowest BCUT2D eigenvalue weighted by Gasteiger charge is -2.09. The lowest BCUT2D eigenvalue weighted by Crippen LogP contribution is -2.07. The molecule has 0 radical (unpaired) electrons. The zero-order chi connectivity index (χ0) is 22.8. The van der Waals surface area contributed by atoms with Crippen LogP contribution >= 0.6 is 22.9 Å². The molecule has 5 nitrogen and oxygen atoms in total. The van der Waals surface area contributed by atoms with Crippen LogP contribution in [-0.2, 0) is 22.5 Å². The summed E-state index contributed by atoms with van der Waals surface area (Å²) in [7, 11) is 1.24. The molecule has 0 aliphatic heterocycles. The normalized spacial score (nSPS) is 11.3. The Morgan fingerprint density at radius 1 is 1.19 bits per heavy atom. The maximum Gasteiger partial charge on any atom is 0.310 e. The second-order valence-corrected chi connectivity index (χ2v) is 8.66. The van der Waals surface area contributed by atoms with Crippen molar-refractivity contribution in [2.45, 2.75) is 19.4 Å². The highest BCUT2D eigenvalue weighted by molar-refractivity contribution is 7.19. The van der Waals surface area contributed by atoms with Gasteiger partial charge in [-0.05, 0) is 48.0 Å². The molecule has 0 unspecified atom stereocenters. The minimum atomic E-state index is -2.55. The Bertz CT molecular complexity index is 1290. The maximum atomic E-state index is 14.4. The van der Waals surface area contributed by atoms with Crippen LogP contribution in [0.1, 0.15) is 5.56 Å². The fourth-order valence-electron chi connectivity index (χ4n) is 3.31. The van der Waals surface area contributed by atoms with E-state index < -0.39 is 24.8 Å². The molecule has 0 fully saturated rings. The quantitative estimate of drug-likeness (QED) is 0.317. The highest BCUT2D eigenvalue weighted by Crippen LogP contribution is 2.36. The zero-order valence-electron chi connectivity index (χ0n) is 16.7. The third-order valence-electron chi connectivity index (χ3n) is 4.77. The topological polar surface area (TPSA) is 56.1 Å². The zero-order valence-corrected chi connectivity index (χ0v) is 18.3. The van der Waals surface area contributed by atoms with E-state index in [1.807, 2.05) is 0 Å². The summed E-state index contributed by atoms with van der Waals surface area (Å²) >= 11 is 7.35. The number of rotatable bonds is 7. The molecule has 4 rings (SSSR count). The average molecular weight is 480 g/mol. The van der Waals surface area contributed by atoms with Gasteiger partial charge in [0.15, 0.2) is 0 Å². The molecule has 2 heterocycles. The molecule has 2 aromatic heterocycles. The summed E-state index contributed by atoms with van der Waals surface area (Å²) in [6, 6.07) is 13.1. The van der Waals surface area contributed by atoms with E-state index in [1.54, 1.807) is 36.4 Å². The first-order valence-corrected chi connectivity index (χ1v) is 10.7. The van der Waals surface area contributed by atoms with E-state index in [0.29, 0.717) is 32.3 Å². The van der Waals surface area contributed by atoms with Crippen molar-refractivity contribution in [3.05, 3.63) is 64.2 Å². The lowest BCUT2D eigenvalue weighted by molar-refractivity contribution is -0.139. The van der Waals surface area contributed by atoms with Crippen LogP contribution in [0.2, 0.25) is 4.34 Å². The number of esters is 1. The SMILES string of the molecule is COC(=O)Cc1ccc(Nc2ccc3c(c2)c(-c2ccc(Cl)s2)nn3CC(F)F)cc1F. The fourth-order valence-corrected chi connectivity index (χ4v) is 4.36. The molecule has 4 aromatic rings. The third kappa shape index (κ3) is 4.73. The van der Waals surface area contributed by atoms with Gasteiger partial charge in [0.05, 0.1) is 28.3 Å². The standard InChI is InChI=1S/C22H17ClF3N3O2S/c1-31-21(30)8-12-2-3-14(10-16(12)24)27-13-4-5-17-15(9-13)22(18-6-7-19(23)32-18)28-29(17)11-20(25)26/h2-7,9-10,20,27H,8,11H2,1H3. The Morgan fingerprint density at radius 3 is 2.59 bits per heavy atom. The van der Waals surface area contributed by atoms with Gasteiger partial charge in [0, 0.05) is 16.8 Å². The smallest absolute Gasteiger partial charge is 0.310 e. The van der Waals surface area contributed by atoms with Crippen LogP contribution in [-0.4, -0.2) is 29.3 Å². The van der Waals surface area contributed by atoms with Gasteiger partial charge >= 0.3 is 5.97 Å². The number of thiophene rings is 1. The number of hydrogen-bond acceptors (Lipinski definition) is 5. The van der Waals surface area contributed by atoms with Crippen molar-refractivity contribution in [3.8, 4) is 10.6 Å². The van der Waals surface area contributed by atoms with E-state index in [0.717, 1.165) is 4.88 Å². The molecule has 0 saturated carbocycles. The van der Waals surface area contributed by atoms with Gasteiger partial charge in [-0.3, -0.25) is 9.48 Å². The summed E-state index contributed by atoms with van der Waals surface area (Å²) in [4.78, 5) is 12.1. The molecule has 0 amide bonds. The molecule has 0 bridgehead atoms. The molecule has 1 N–H and O–H groups in total. The molecule has 0 spiro atoms. The van der Waals surface area contributed by atoms with Crippen molar-refractivity contribution in [2.24, 2.45) is 0 Å². The lowest BCUT2D eigenvalue weighted by atomic mass is 10.1. The monoisotopic (exact) mass is 479 g/mol. The number of benzene rings is 2. The first-order valence-electron chi connectivity index (χ1n) is 9.50. The summed E-state index contributed by atoms with van der Waals surface area (Å²) < 4.78 is 46.9. The van der Waals surface area contributed by atoms with Gasteiger partial charge in [0.2, 0.25) is 0 Å². The molecular formula is C22H17ClF3N3O2S. The predicted octanol–water partition coefficient (Wildman–Crippen LogP) is 6.28. The van der Waals surface area contributed by atoms with Gasteiger partial charge in [0.25, 0.3) is 6.43 Å². The van der Waals surface area contributed by atoms with Crippen molar-refractivity contribution in [3.63, 3.8) is 0 Å². The van der Waals surface area contributed by atoms with Gasteiger partial charge in [-0.15, -0.1) is 11.3 Å². The summed E-state index contributed by atoms with van der Waals surface area (Å²) in [6.45, 7) is -0.532. The van der Waals surface area contributed by atoms with Crippen LogP contribution in [0.5, 0.6) is 0 Å². The van der Waals surface area contributed by atoms with Gasteiger partial charge in [-0.25, -0.2) is 13.2 Å².